The normalized spacial score (nSPS) is 12.2. The zero-order valence-corrected chi connectivity index (χ0v) is 16.3. The second kappa shape index (κ2) is 6.53. The zero-order chi connectivity index (χ0) is 21.0. The van der Waals surface area contributed by atoms with Crippen molar-refractivity contribution in [3.05, 3.63) is 65.7 Å². The van der Waals surface area contributed by atoms with Crippen LogP contribution >= 0.6 is 11.6 Å². The summed E-state index contributed by atoms with van der Waals surface area (Å²) in [6, 6.07) is 8.89. The standard InChI is InChI=1S/C20H14ClF3N6/c1-29-9-18(26-10-29)30-17-5-2-11(20(22,23)24)6-15(17)27-19(30)28-16-8-25-14-4-3-12(21)7-13(14)16/h2-10,25H,1H3,(H,27,28). The average Bonchev–Trinajstić information content (AvgIpc) is 3.37. The Morgan fingerprint density at radius 2 is 1.97 bits per heavy atom. The van der Waals surface area contributed by atoms with E-state index in [9.17, 15) is 13.2 Å². The molecule has 0 aliphatic heterocycles. The number of nitrogens with one attached hydrogen (secondary N) is 2. The van der Waals surface area contributed by atoms with Crippen LogP contribution in [0.3, 0.4) is 0 Å². The SMILES string of the molecule is Cn1cnc(-n2c(Nc3c[nH]c4ccc(Cl)cc34)nc3cc(C(F)(F)F)ccc32)c1. The van der Waals surface area contributed by atoms with Gasteiger partial charge in [-0.15, -0.1) is 0 Å². The Labute approximate surface area is 172 Å². The summed E-state index contributed by atoms with van der Waals surface area (Å²) in [4.78, 5) is 11.9. The number of rotatable bonds is 3. The van der Waals surface area contributed by atoms with Gasteiger partial charge in [-0.2, -0.15) is 13.2 Å². The number of aryl methyl sites for hydroxylation is 1. The third-order valence-corrected chi connectivity index (χ3v) is 5.03. The maximum Gasteiger partial charge on any atom is 0.416 e. The van der Waals surface area contributed by atoms with Crippen molar-refractivity contribution in [2.45, 2.75) is 6.18 Å². The van der Waals surface area contributed by atoms with Crippen LogP contribution < -0.4 is 5.32 Å². The molecule has 5 rings (SSSR count). The van der Waals surface area contributed by atoms with E-state index in [4.69, 9.17) is 11.6 Å². The smallest absolute Gasteiger partial charge is 0.359 e. The fraction of sp³-hybridized carbons (Fsp3) is 0.100. The summed E-state index contributed by atoms with van der Waals surface area (Å²) in [5.74, 6) is 0.865. The predicted octanol–water partition coefficient (Wildman–Crippen LogP) is 5.66. The summed E-state index contributed by atoms with van der Waals surface area (Å²) in [5.41, 5.74) is 1.50. The molecular weight excluding hydrogens is 417 g/mol. The number of fused-ring (bicyclic) bond motifs is 2. The third-order valence-electron chi connectivity index (χ3n) is 4.79. The number of aromatic nitrogens is 5. The number of hydrogen-bond acceptors (Lipinski definition) is 3. The van der Waals surface area contributed by atoms with Crippen molar-refractivity contribution in [3.63, 3.8) is 0 Å². The zero-order valence-electron chi connectivity index (χ0n) is 15.5. The minimum Gasteiger partial charge on any atom is -0.359 e. The van der Waals surface area contributed by atoms with Crippen molar-refractivity contribution in [2.75, 3.05) is 5.32 Å². The number of alkyl halides is 3. The lowest BCUT2D eigenvalue weighted by molar-refractivity contribution is -0.137. The molecule has 0 aliphatic carbocycles. The number of anilines is 2. The van der Waals surface area contributed by atoms with Gasteiger partial charge in [0.05, 0.1) is 28.6 Å². The number of H-pyrrole nitrogens is 1. The highest BCUT2D eigenvalue weighted by molar-refractivity contribution is 6.31. The minimum absolute atomic E-state index is 0.204. The molecule has 5 aromatic rings. The molecule has 0 unspecified atom stereocenters. The maximum atomic E-state index is 13.2. The molecule has 0 atom stereocenters. The highest BCUT2D eigenvalue weighted by atomic mass is 35.5. The lowest BCUT2D eigenvalue weighted by Gasteiger charge is -2.08. The Hall–Kier alpha value is -3.46. The number of imidazole rings is 2. The van der Waals surface area contributed by atoms with Gasteiger partial charge in [0.1, 0.15) is 0 Å². The van der Waals surface area contributed by atoms with Crippen LogP contribution in [0.1, 0.15) is 5.56 Å². The van der Waals surface area contributed by atoms with E-state index in [1.165, 1.54) is 6.07 Å². The van der Waals surface area contributed by atoms with Crippen LogP contribution in [0.2, 0.25) is 5.02 Å². The first-order chi connectivity index (χ1) is 14.3. The summed E-state index contributed by atoms with van der Waals surface area (Å²) in [6.07, 6.45) is 0.672. The monoisotopic (exact) mass is 430 g/mol. The number of benzene rings is 2. The van der Waals surface area contributed by atoms with Crippen LogP contribution in [0.25, 0.3) is 27.8 Å². The van der Waals surface area contributed by atoms with E-state index in [1.54, 1.807) is 40.0 Å². The van der Waals surface area contributed by atoms with Crippen molar-refractivity contribution in [2.24, 2.45) is 7.05 Å². The van der Waals surface area contributed by atoms with Crippen LogP contribution in [0.15, 0.2) is 55.1 Å². The van der Waals surface area contributed by atoms with Gasteiger partial charge in [0.15, 0.2) is 5.82 Å². The average molecular weight is 431 g/mol. The van der Waals surface area contributed by atoms with Crippen LogP contribution in [0, 0.1) is 0 Å². The van der Waals surface area contributed by atoms with E-state index < -0.39 is 11.7 Å². The summed E-state index contributed by atoms with van der Waals surface area (Å²) in [6.45, 7) is 0. The number of halogens is 4. The fourth-order valence-electron chi connectivity index (χ4n) is 3.40. The maximum absolute atomic E-state index is 13.2. The Morgan fingerprint density at radius 1 is 1.13 bits per heavy atom. The number of nitrogens with zero attached hydrogens (tertiary/aromatic N) is 4. The lowest BCUT2D eigenvalue weighted by Crippen LogP contribution is -2.04. The van der Waals surface area contributed by atoms with E-state index in [2.05, 4.69) is 20.3 Å². The summed E-state index contributed by atoms with van der Waals surface area (Å²) < 4.78 is 43.0. The molecule has 3 heterocycles. The van der Waals surface area contributed by atoms with Crippen molar-refractivity contribution in [3.8, 4) is 5.82 Å². The number of hydrogen-bond donors (Lipinski definition) is 2. The molecule has 30 heavy (non-hydrogen) atoms. The van der Waals surface area contributed by atoms with E-state index in [1.807, 2.05) is 13.1 Å². The van der Waals surface area contributed by atoms with Crippen LogP contribution in [0.5, 0.6) is 0 Å². The quantitative estimate of drug-likeness (QED) is 0.388. The molecular formula is C20H14ClF3N6. The molecule has 0 saturated carbocycles. The topological polar surface area (TPSA) is 63.5 Å². The van der Waals surface area contributed by atoms with Crippen LogP contribution in [0.4, 0.5) is 24.8 Å². The molecule has 2 aromatic carbocycles. The van der Waals surface area contributed by atoms with Gasteiger partial charge < -0.3 is 14.9 Å². The Balaban J connectivity index is 1.70. The fourth-order valence-corrected chi connectivity index (χ4v) is 3.58. The minimum atomic E-state index is -4.45. The third kappa shape index (κ3) is 3.07. The summed E-state index contributed by atoms with van der Waals surface area (Å²) in [7, 11) is 1.81. The second-order valence-corrected chi connectivity index (χ2v) is 7.32. The Bertz CT molecular complexity index is 1400. The molecule has 2 N–H and O–H groups in total. The van der Waals surface area contributed by atoms with Gasteiger partial charge in [-0.1, -0.05) is 11.6 Å². The van der Waals surface area contributed by atoms with Crippen molar-refractivity contribution < 1.29 is 13.2 Å². The van der Waals surface area contributed by atoms with Gasteiger partial charge in [-0.25, -0.2) is 9.97 Å². The highest BCUT2D eigenvalue weighted by Crippen LogP contribution is 2.35. The highest BCUT2D eigenvalue weighted by Gasteiger charge is 2.31. The molecule has 3 aromatic heterocycles. The van der Waals surface area contributed by atoms with Gasteiger partial charge in [-0.3, -0.25) is 4.57 Å². The molecule has 0 radical (unpaired) electrons. The first-order valence-electron chi connectivity index (χ1n) is 8.91. The molecule has 6 nitrogen and oxygen atoms in total. The van der Waals surface area contributed by atoms with Crippen molar-refractivity contribution in [1.29, 1.82) is 0 Å². The molecule has 0 fully saturated rings. The van der Waals surface area contributed by atoms with Gasteiger partial charge in [-0.05, 0) is 36.4 Å². The second-order valence-electron chi connectivity index (χ2n) is 6.89. The van der Waals surface area contributed by atoms with E-state index >= 15 is 0 Å². The molecule has 0 aliphatic rings. The van der Waals surface area contributed by atoms with Crippen LogP contribution in [-0.4, -0.2) is 24.1 Å². The summed E-state index contributed by atoms with van der Waals surface area (Å²) in [5, 5.41) is 4.61. The molecule has 0 amide bonds. The molecule has 0 spiro atoms. The lowest BCUT2D eigenvalue weighted by atomic mass is 10.2. The van der Waals surface area contributed by atoms with Gasteiger partial charge in [0.2, 0.25) is 5.95 Å². The summed E-state index contributed by atoms with van der Waals surface area (Å²) >= 11 is 6.12. The molecule has 10 heteroatoms. The Kier molecular flexibility index (Phi) is 4.04. The molecule has 0 saturated heterocycles. The largest absolute Gasteiger partial charge is 0.416 e. The number of aromatic amines is 1. The van der Waals surface area contributed by atoms with Gasteiger partial charge in [0, 0.05) is 35.4 Å². The van der Waals surface area contributed by atoms with E-state index in [0.29, 0.717) is 28.0 Å². The van der Waals surface area contributed by atoms with E-state index in [0.717, 1.165) is 23.0 Å². The Morgan fingerprint density at radius 3 is 2.70 bits per heavy atom. The first kappa shape index (κ1) is 18.6. The van der Waals surface area contributed by atoms with Crippen molar-refractivity contribution in [1.82, 2.24) is 24.1 Å². The molecule has 0 bridgehead atoms. The van der Waals surface area contributed by atoms with Gasteiger partial charge in [0.25, 0.3) is 0 Å². The predicted molar refractivity (Wildman–Crippen MR) is 109 cm³/mol. The van der Waals surface area contributed by atoms with Crippen LogP contribution in [-0.2, 0) is 13.2 Å². The molecule has 152 valence electrons. The van der Waals surface area contributed by atoms with Gasteiger partial charge >= 0.3 is 6.18 Å². The first-order valence-corrected chi connectivity index (χ1v) is 9.29. The van der Waals surface area contributed by atoms with E-state index in [-0.39, 0.29) is 5.52 Å². The van der Waals surface area contributed by atoms with Crippen molar-refractivity contribution >= 4 is 45.2 Å².